The van der Waals surface area contributed by atoms with Crippen LogP contribution >= 0.6 is 0 Å². The van der Waals surface area contributed by atoms with Gasteiger partial charge in [0.25, 0.3) is 5.91 Å². The van der Waals surface area contributed by atoms with Gasteiger partial charge < -0.3 is 15.5 Å². The lowest BCUT2D eigenvalue weighted by Gasteiger charge is -2.29. The summed E-state index contributed by atoms with van der Waals surface area (Å²) < 4.78 is 26.2. The second-order valence-corrected chi connectivity index (χ2v) is 6.02. The van der Waals surface area contributed by atoms with Crippen LogP contribution in [0.1, 0.15) is 36.5 Å². The van der Waals surface area contributed by atoms with Gasteiger partial charge >= 0.3 is 0 Å². The molecule has 25 heavy (non-hydrogen) atoms. The van der Waals surface area contributed by atoms with Gasteiger partial charge in [0.2, 0.25) is 11.8 Å². The minimum atomic E-state index is -0.879. The van der Waals surface area contributed by atoms with E-state index >= 15 is 0 Å². The molecule has 8 heteroatoms. The van der Waals surface area contributed by atoms with Gasteiger partial charge in [-0.25, -0.2) is 8.78 Å². The van der Waals surface area contributed by atoms with Gasteiger partial charge in [0.05, 0.1) is 6.54 Å². The third-order valence-electron chi connectivity index (χ3n) is 3.95. The fourth-order valence-electron chi connectivity index (χ4n) is 2.69. The number of nitrogens with zero attached hydrogens (tertiary/aromatic N) is 1. The van der Waals surface area contributed by atoms with E-state index in [1.807, 2.05) is 0 Å². The first-order valence-corrected chi connectivity index (χ1v) is 8.19. The van der Waals surface area contributed by atoms with E-state index in [0.717, 1.165) is 31.4 Å². The average molecular weight is 353 g/mol. The molecule has 0 saturated carbocycles. The number of rotatable bonds is 5. The van der Waals surface area contributed by atoms with Crippen LogP contribution in [0.2, 0.25) is 0 Å². The molecule has 3 amide bonds. The molecule has 0 aromatic heterocycles. The molecule has 136 valence electrons. The first kappa shape index (κ1) is 18.8. The Balaban J connectivity index is 1.81. The standard InChI is InChI=1S/C17H21F2N3O3/c1-11(17(25)22-5-3-2-4-6-22)21-15(23)10-20-16(24)12-7-13(18)9-14(19)8-12/h7-9,11H,2-6,10H2,1H3,(H,20,24)(H,21,23)/t11-/m0/s1. The summed E-state index contributed by atoms with van der Waals surface area (Å²) in [6.45, 7) is 2.55. The highest BCUT2D eigenvalue weighted by molar-refractivity contribution is 5.97. The van der Waals surface area contributed by atoms with Crippen LogP contribution in [0, 0.1) is 11.6 Å². The number of hydrogen-bond donors (Lipinski definition) is 2. The molecule has 6 nitrogen and oxygen atoms in total. The topological polar surface area (TPSA) is 78.5 Å². The second-order valence-electron chi connectivity index (χ2n) is 6.02. The Bertz CT molecular complexity index is 640. The van der Waals surface area contributed by atoms with Crippen molar-refractivity contribution >= 4 is 17.7 Å². The van der Waals surface area contributed by atoms with E-state index in [2.05, 4.69) is 10.6 Å². The summed E-state index contributed by atoms with van der Waals surface area (Å²) in [7, 11) is 0. The van der Waals surface area contributed by atoms with Crippen LogP contribution in [-0.4, -0.2) is 48.3 Å². The molecule has 1 heterocycles. The van der Waals surface area contributed by atoms with E-state index in [0.29, 0.717) is 19.2 Å². The lowest BCUT2D eigenvalue weighted by Crippen LogP contribution is -2.50. The van der Waals surface area contributed by atoms with Crippen molar-refractivity contribution in [1.82, 2.24) is 15.5 Å². The monoisotopic (exact) mass is 353 g/mol. The summed E-state index contributed by atoms with van der Waals surface area (Å²) in [5, 5.41) is 4.78. The molecule has 1 atom stereocenters. The number of nitrogens with one attached hydrogen (secondary N) is 2. The summed E-state index contributed by atoms with van der Waals surface area (Å²) in [5.41, 5.74) is -0.220. The van der Waals surface area contributed by atoms with Crippen molar-refractivity contribution in [3.8, 4) is 0 Å². The largest absolute Gasteiger partial charge is 0.343 e. The number of benzene rings is 1. The van der Waals surface area contributed by atoms with E-state index < -0.39 is 36.0 Å². The van der Waals surface area contributed by atoms with Crippen LogP contribution in [0.3, 0.4) is 0 Å². The predicted molar refractivity (Wildman–Crippen MR) is 86.7 cm³/mol. The third-order valence-corrected chi connectivity index (χ3v) is 3.95. The Labute approximate surface area is 144 Å². The number of hydrogen-bond acceptors (Lipinski definition) is 3. The van der Waals surface area contributed by atoms with E-state index in [4.69, 9.17) is 0 Å². The van der Waals surface area contributed by atoms with Crippen molar-refractivity contribution in [2.24, 2.45) is 0 Å². The van der Waals surface area contributed by atoms with Crippen molar-refractivity contribution in [2.45, 2.75) is 32.2 Å². The molecule has 0 aliphatic carbocycles. The van der Waals surface area contributed by atoms with Gasteiger partial charge in [0.15, 0.2) is 0 Å². The number of carbonyl (C=O) groups excluding carboxylic acids is 3. The molecule has 1 fully saturated rings. The smallest absolute Gasteiger partial charge is 0.251 e. The van der Waals surface area contributed by atoms with Crippen molar-refractivity contribution < 1.29 is 23.2 Å². The van der Waals surface area contributed by atoms with Crippen molar-refractivity contribution in [1.29, 1.82) is 0 Å². The van der Waals surface area contributed by atoms with Gasteiger partial charge in [-0.1, -0.05) is 0 Å². The highest BCUT2D eigenvalue weighted by Gasteiger charge is 2.23. The van der Waals surface area contributed by atoms with E-state index in [9.17, 15) is 23.2 Å². The van der Waals surface area contributed by atoms with Gasteiger partial charge in [0, 0.05) is 24.7 Å². The van der Waals surface area contributed by atoms with Gasteiger partial charge in [0.1, 0.15) is 17.7 Å². The first-order valence-electron chi connectivity index (χ1n) is 8.19. The summed E-state index contributed by atoms with van der Waals surface area (Å²) in [6.07, 6.45) is 3.00. The van der Waals surface area contributed by atoms with Gasteiger partial charge in [-0.15, -0.1) is 0 Å². The van der Waals surface area contributed by atoms with Crippen LogP contribution in [-0.2, 0) is 9.59 Å². The third kappa shape index (κ3) is 5.51. The Morgan fingerprint density at radius 3 is 2.28 bits per heavy atom. The Hall–Kier alpha value is -2.51. The summed E-state index contributed by atoms with van der Waals surface area (Å²) in [6, 6.07) is 1.70. The first-order chi connectivity index (χ1) is 11.9. The Kier molecular flexibility index (Phi) is 6.44. The van der Waals surface area contributed by atoms with Crippen LogP contribution in [0.15, 0.2) is 18.2 Å². The molecule has 1 saturated heterocycles. The minimum Gasteiger partial charge on any atom is -0.343 e. The van der Waals surface area contributed by atoms with E-state index in [-0.39, 0.29) is 11.5 Å². The van der Waals surface area contributed by atoms with Crippen LogP contribution in [0.25, 0.3) is 0 Å². The van der Waals surface area contributed by atoms with Crippen molar-refractivity contribution in [3.05, 3.63) is 35.4 Å². The number of amides is 3. The van der Waals surface area contributed by atoms with Crippen molar-refractivity contribution in [2.75, 3.05) is 19.6 Å². The minimum absolute atomic E-state index is 0.161. The van der Waals surface area contributed by atoms with Crippen LogP contribution in [0.4, 0.5) is 8.78 Å². The average Bonchev–Trinajstić information content (AvgIpc) is 2.58. The zero-order valence-electron chi connectivity index (χ0n) is 14.0. The highest BCUT2D eigenvalue weighted by Crippen LogP contribution is 2.10. The normalized spacial score (nSPS) is 15.4. The quantitative estimate of drug-likeness (QED) is 0.835. The lowest BCUT2D eigenvalue weighted by molar-refractivity contribution is -0.136. The van der Waals surface area contributed by atoms with Gasteiger partial charge in [-0.05, 0) is 38.3 Å². The maximum atomic E-state index is 13.1. The fraction of sp³-hybridized carbons (Fsp3) is 0.471. The zero-order chi connectivity index (χ0) is 18.4. The molecular formula is C17H21F2N3O3. The maximum absolute atomic E-state index is 13.1. The number of likely N-dealkylation sites (tertiary alicyclic amines) is 1. The molecule has 0 unspecified atom stereocenters. The molecule has 2 rings (SSSR count). The van der Waals surface area contributed by atoms with Crippen LogP contribution < -0.4 is 10.6 Å². The number of halogens is 2. The molecule has 0 spiro atoms. The van der Waals surface area contributed by atoms with Gasteiger partial charge in [-0.2, -0.15) is 0 Å². The molecule has 1 aromatic carbocycles. The summed E-state index contributed by atoms with van der Waals surface area (Å²) in [4.78, 5) is 37.6. The SMILES string of the molecule is C[C@H](NC(=O)CNC(=O)c1cc(F)cc(F)c1)C(=O)N1CCCCC1. The van der Waals surface area contributed by atoms with Gasteiger partial charge in [-0.3, -0.25) is 14.4 Å². The van der Waals surface area contributed by atoms with Crippen LogP contribution in [0.5, 0.6) is 0 Å². The highest BCUT2D eigenvalue weighted by atomic mass is 19.1. The number of piperidine rings is 1. The lowest BCUT2D eigenvalue weighted by atomic mass is 10.1. The van der Waals surface area contributed by atoms with Crippen molar-refractivity contribution in [3.63, 3.8) is 0 Å². The molecule has 2 N–H and O–H groups in total. The fourth-order valence-corrected chi connectivity index (χ4v) is 2.69. The molecule has 0 radical (unpaired) electrons. The maximum Gasteiger partial charge on any atom is 0.251 e. The second kappa shape index (κ2) is 8.55. The molecular weight excluding hydrogens is 332 g/mol. The Morgan fingerprint density at radius 1 is 1.08 bits per heavy atom. The number of carbonyl (C=O) groups is 3. The summed E-state index contributed by atoms with van der Waals surface area (Å²) in [5.74, 6) is -3.25. The zero-order valence-corrected chi connectivity index (χ0v) is 14.0. The predicted octanol–water partition coefficient (Wildman–Crippen LogP) is 1.21. The molecule has 0 bridgehead atoms. The molecule has 1 aliphatic rings. The molecule has 1 aliphatic heterocycles. The Morgan fingerprint density at radius 2 is 1.68 bits per heavy atom. The molecule has 1 aromatic rings. The summed E-state index contributed by atoms with van der Waals surface area (Å²) >= 11 is 0. The van der Waals surface area contributed by atoms with E-state index in [1.165, 1.54) is 0 Å². The van der Waals surface area contributed by atoms with E-state index in [1.54, 1.807) is 11.8 Å².